The predicted molar refractivity (Wildman–Crippen MR) is 88.0 cm³/mol. The number of pyridine rings is 1. The highest BCUT2D eigenvalue weighted by Gasteiger charge is 2.28. The van der Waals surface area contributed by atoms with Crippen molar-refractivity contribution >= 4 is 20.6 Å². The van der Waals surface area contributed by atoms with Gasteiger partial charge in [-0.05, 0) is 61.3 Å². The van der Waals surface area contributed by atoms with Crippen LogP contribution in [-0.2, 0) is 22.7 Å². The second-order valence-electron chi connectivity index (χ2n) is 7.07. The fourth-order valence-corrected chi connectivity index (χ4v) is 4.94. The fourth-order valence-electron chi connectivity index (χ4n) is 3.70. The monoisotopic (exact) mass is 315 g/mol. The predicted octanol–water partition coefficient (Wildman–Crippen LogP) is 3.64. The van der Waals surface area contributed by atoms with E-state index in [1.807, 2.05) is 12.3 Å². The zero-order valence-electron chi connectivity index (χ0n) is 13.1. The van der Waals surface area contributed by atoms with Crippen molar-refractivity contribution in [3.8, 4) is 0 Å². The summed E-state index contributed by atoms with van der Waals surface area (Å²) in [7, 11) is -3.24. The van der Waals surface area contributed by atoms with Crippen molar-refractivity contribution in [1.29, 1.82) is 0 Å². The smallest absolute Gasteiger partial charge is 0.176 e. The number of fused-ring (bicyclic) bond motifs is 2. The molecule has 2 aliphatic carbocycles. The number of benzene rings is 1. The highest BCUT2D eigenvalue weighted by atomic mass is 32.2. The molecule has 4 rings (SSSR count). The summed E-state index contributed by atoms with van der Waals surface area (Å²) < 4.78 is 25.0. The molecular weight excluding hydrogens is 294 g/mol. The van der Waals surface area contributed by atoms with E-state index >= 15 is 0 Å². The lowest BCUT2D eigenvalue weighted by molar-refractivity contribution is 0.495. The molecule has 116 valence electrons. The van der Waals surface area contributed by atoms with Crippen LogP contribution in [0.1, 0.15) is 48.9 Å². The summed E-state index contributed by atoms with van der Waals surface area (Å²) in [6.07, 6.45) is 8.54. The summed E-state index contributed by atoms with van der Waals surface area (Å²) in [5.74, 6) is 1.09. The lowest BCUT2D eigenvalue weighted by atomic mass is 9.83. The summed E-state index contributed by atoms with van der Waals surface area (Å²) in [5.41, 5.74) is 3.31. The van der Waals surface area contributed by atoms with Gasteiger partial charge in [0, 0.05) is 34.8 Å². The Balaban J connectivity index is 2.05. The minimum atomic E-state index is -3.24. The minimum absolute atomic E-state index is 0.534. The molecule has 2 aromatic rings. The number of rotatable bonds is 2. The molecule has 0 aliphatic heterocycles. The maximum atomic E-state index is 12.5. The maximum absolute atomic E-state index is 12.5. The zero-order chi connectivity index (χ0) is 15.5. The highest BCUT2D eigenvalue weighted by Crippen LogP contribution is 2.42. The van der Waals surface area contributed by atoms with Gasteiger partial charge in [-0.1, -0.05) is 6.92 Å². The summed E-state index contributed by atoms with van der Waals surface area (Å²) in [6, 6.07) is 4.19. The number of hydrogen-bond donors (Lipinski definition) is 0. The summed E-state index contributed by atoms with van der Waals surface area (Å²) in [4.78, 5) is 5.13. The molecule has 0 radical (unpaired) electrons. The van der Waals surface area contributed by atoms with Crippen LogP contribution in [0, 0.1) is 5.92 Å². The van der Waals surface area contributed by atoms with Crippen molar-refractivity contribution in [3.63, 3.8) is 0 Å². The molecule has 1 saturated carbocycles. The van der Waals surface area contributed by atoms with Gasteiger partial charge in [0.2, 0.25) is 0 Å². The molecule has 3 nitrogen and oxygen atoms in total. The second-order valence-corrected chi connectivity index (χ2v) is 9.02. The van der Waals surface area contributed by atoms with Crippen LogP contribution in [0.4, 0.5) is 0 Å². The molecule has 0 unspecified atom stereocenters. The second kappa shape index (κ2) is 4.79. The Morgan fingerprint density at radius 3 is 2.64 bits per heavy atom. The Kier molecular flexibility index (Phi) is 3.09. The van der Waals surface area contributed by atoms with Gasteiger partial charge in [-0.3, -0.25) is 4.98 Å². The third kappa shape index (κ3) is 2.34. The van der Waals surface area contributed by atoms with Crippen molar-refractivity contribution in [2.45, 2.75) is 49.8 Å². The Morgan fingerprint density at radius 2 is 1.95 bits per heavy atom. The van der Waals surface area contributed by atoms with E-state index in [2.05, 4.69) is 18.0 Å². The van der Waals surface area contributed by atoms with Crippen molar-refractivity contribution < 1.29 is 8.42 Å². The Labute approximate surface area is 131 Å². The molecule has 0 amide bonds. The normalized spacial score (nSPS) is 21.8. The summed E-state index contributed by atoms with van der Waals surface area (Å²) >= 11 is 0. The van der Waals surface area contributed by atoms with Crippen LogP contribution in [0.15, 0.2) is 23.2 Å². The standard InChI is InChI=1S/C18H21NO2S/c1-11-3-4-13-8-14-10-19-17(12-5-6-12)9-16(14)18(15(13)7-11)22(2,20)21/h8-12H,3-7H2,1-2H3/t11-/m1/s1. The number of aryl methyl sites for hydroxylation is 1. The largest absolute Gasteiger partial charge is 0.260 e. The van der Waals surface area contributed by atoms with E-state index in [9.17, 15) is 8.42 Å². The lowest BCUT2D eigenvalue weighted by Gasteiger charge is -2.25. The molecular formula is C18H21NO2S. The third-order valence-electron chi connectivity index (χ3n) is 5.02. The third-order valence-corrected chi connectivity index (χ3v) is 6.23. The first-order valence-electron chi connectivity index (χ1n) is 8.08. The first-order chi connectivity index (χ1) is 10.4. The van der Waals surface area contributed by atoms with E-state index in [-0.39, 0.29) is 0 Å². The van der Waals surface area contributed by atoms with Crippen LogP contribution in [0.2, 0.25) is 0 Å². The molecule has 1 heterocycles. The summed E-state index contributed by atoms with van der Waals surface area (Å²) in [5, 5.41) is 1.85. The van der Waals surface area contributed by atoms with E-state index in [1.54, 1.807) is 0 Å². The highest BCUT2D eigenvalue weighted by molar-refractivity contribution is 7.91. The van der Waals surface area contributed by atoms with Crippen LogP contribution in [0.25, 0.3) is 10.8 Å². The molecule has 0 N–H and O–H groups in total. The van der Waals surface area contributed by atoms with Crippen LogP contribution in [0.5, 0.6) is 0 Å². The van der Waals surface area contributed by atoms with Gasteiger partial charge in [0.05, 0.1) is 4.90 Å². The Morgan fingerprint density at radius 1 is 1.18 bits per heavy atom. The van der Waals surface area contributed by atoms with Crippen molar-refractivity contribution in [1.82, 2.24) is 4.98 Å². The van der Waals surface area contributed by atoms with Gasteiger partial charge in [0.1, 0.15) is 0 Å². The molecule has 1 aromatic heterocycles. The van der Waals surface area contributed by atoms with E-state index in [0.717, 1.165) is 41.3 Å². The molecule has 1 aromatic carbocycles. The van der Waals surface area contributed by atoms with Crippen LogP contribution >= 0.6 is 0 Å². The minimum Gasteiger partial charge on any atom is -0.260 e. The average Bonchev–Trinajstić information content (AvgIpc) is 3.27. The molecule has 1 atom stereocenters. The molecule has 1 fully saturated rings. The molecule has 0 spiro atoms. The number of hydrogen-bond acceptors (Lipinski definition) is 3. The molecule has 0 saturated heterocycles. The van der Waals surface area contributed by atoms with Crippen LogP contribution < -0.4 is 0 Å². The van der Waals surface area contributed by atoms with Gasteiger partial charge < -0.3 is 0 Å². The van der Waals surface area contributed by atoms with E-state index in [1.165, 1.54) is 24.7 Å². The Hall–Kier alpha value is -1.42. The van der Waals surface area contributed by atoms with E-state index in [0.29, 0.717) is 16.7 Å². The van der Waals surface area contributed by atoms with Crippen LogP contribution in [0.3, 0.4) is 0 Å². The van der Waals surface area contributed by atoms with Gasteiger partial charge in [-0.25, -0.2) is 8.42 Å². The van der Waals surface area contributed by atoms with Crippen molar-refractivity contribution in [3.05, 3.63) is 35.2 Å². The average molecular weight is 315 g/mol. The van der Waals surface area contributed by atoms with Gasteiger partial charge in [0.25, 0.3) is 0 Å². The van der Waals surface area contributed by atoms with E-state index in [4.69, 9.17) is 0 Å². The SMILES string of the molecule is C[C@@H]1CCc2cc3cnc(C4CC4)cc3c(S(C)(=O)=O)c2C1. The van der Waals surface area contributed by atoms with Crippen molar-refractivity contribution in [2.75, 3.05) is 6.26 Å². The van der Waals surface area contributed by atoms with Gasteiger partial charge in [-0.2, -0.15) is 0 Å². The lowest BCUT2D eigenvalue weighted by Crippen LogP contribution is -2.16. The topological polar surface area (TPSA) is 47.0 Å². The molecule has 0 bridgehead atoms. The molecule has 2 aliphatic rings. The number of aromatic nitrogens is 1. The first-order valence-corrected chi connectivity index (χ1v) is 9.97. The number of sulfone groups is 1. The molecule has 4 heteroatoms. The van der Waals surface area contributed by atoms with Crippen molar-refractivity contribution in [2.24, 2.45) is 5.92 Å². The maximum Gasteiger partial charge on any atom is 0.176 e. The van der Waals surface area contributed by atoms with E-state index < -0.39 is 9.84 Å². The van der Waals surface area contributed by atoms with Gasteiger partial charge >= 0.3 is 0 Å². The van der Waals surface area contributed by atoms with Gasteiger partial charge in [-0.15, -0.1) is 0 Å². The van der Waals surface area contributed by atoms with Gasteiger partial charge in [0.15, 0.2) is 9.84 Å². The van der Waals surface area contributed by atoms with Crippen LogP contribution in [-0.4, -0.2) is 19.7 Å². The summed E-state index contributed by atoms with van der Waals surface area (Å²) in [6.45, 7) is 2.21. The molecule has 22 heavy (non-hydrogen) atoms. The quantitative estimate of drug-likeness (QED) is 0.850. The zero-order valence-corrected chi connectivity index (χ0v) is 13.9. The number of nitrogens with zero attached hydrogens (tertiary/aromatic N) is 1. The Bertz CT molecular complexity index is 866. The fraction of sp³-hybridized carbons (Fsp3) is 0.500. The first kappa shape index (κ1) is 14.2.